The number of nitrogens with one attached hydrogen (secondary N) is 1. The summed E-state index contributed by atoms with van der Waals surface area (Å²) in [6.45, 7) is 5.43. The molecule has 2 aliphatic rings. The molecule has 1 aromatic heterocycles. The zero-order valence-corrected chi connectivity index (χ0v) is 18.6. The van der Waals surface area contributed by atoms with Gasteiger partial charge in [0.15, 0.2) is 11.8 Å². The van der Waals surface area contributed by atoms with Gasteiger partial charge in [0.1, 0.15) is 12.4 Å². The van der Waals surface area contributed by atoms with Gasteiger partial charge in [-0.2, -0.15) is 0 Å². The molecule has 1 aromatic rings. The summed E-state index contributed by atoms with van der Waals surface area (Å²) in [6, 6.07) is 0.551. The van der Waals surface area contributed by atoms with Crippen LogP contribution in [0.4, 0.5) is 0 Å². The van der Waals surface area contributed by atoms with Crippen molar-refractivity contribution in [1.29, 1.82) is 0 Å². The Balaban J connectivity index is 0.00000243. The molecule has 1 atom stereocenters. The molecule has 0 amide bonds. The zero-order valence-electron chi connectivity index (χ0n) is 16.3. The third kappa shape index (κ3) is 5.55. The van der Waals surface area contributed by atoms with Crippen molar-refractivity contribution in [1.82, 2.24) is 25.0 Å². The third-order valence-corrected chi connectivity index (χ3v) is 5.48. The number of rotatable bonds is 5. The highest BCUT2D eigenvalue weighted by Gasteiger charge is 2.26. The van der Waals surface area contributed by atoms with Crippen molar-refractivity contribution in [2.45, 2.75) is 58.0 Å². The lowest BCUT2D eigenvalue weighted by atomic mass is 9.96. The maximum Gasteiger partial charge on any atom is 0.194 e. The molecule has 0 aromatic carbocycles. The SMILES string of the molecule is COCC1CCN(C(=NCc2nnc(C)n2C)NC2CCCCC2)C1.I. The van der Waals surface area contributed by atoms with E-state index in [0.29, 0.717) is 18.5 Å². The lowest BCUT2D eigenvalue weighted by Gasteiger charge is -2.29. The van der Waals surface area contributed by atoms with Gasteiger partial charge >= 0.3 is 0 Å². The average Bonchev–Trinajstić information content (AvgIpc) is 3.21. The molecule has 7 nitrogen and oxygen atoms in total. The van der Waals surface area contributed by atoms with E-state index in [1.165, 1.54) is 38.5 Å². The van der Waals surface area contributed by atoms with Gasteiger partial charge in [0.2, 0.25) is 0 Å². The van der Waals surface area contributed by atoms with Crippen LogP contribution in [0.3, 0.4) is 0 Å². The highest BCUT2D eigenvalue weighted by Crippen LogP contribution is 2.20. The number of guanidine groups is 1. The Morgan fingerprint density at radius 1 is 1.23 bits per heavy atom. The fraction of sp³-hybridized carbons (Fsp3) is 0.833. The van der Waals surface area contributed by atoms with Crippen molar-refractivity contribution in [3.05, 3.63) is 11.6 Å². The fourth-order valence-electron chi connectivity index (χ4n) is 3.80. The van der Waals surface area contributed by atoms with E-state index >= 15 is 0 Å². The molecule has 1 N–H and O–H groups in total. The molecule has 1 aliphatic heterocycles. The largest absolute Gasteiger partial charge is 0.384 e. The summed E-state index contributed by atoms with van der Waals surface area (Å²) in [4.78, 5) is 7.30. The van der Waals surface area contributed by atoms with Crippen LogP contribution in [0.5, 0.6) is 0 Å². The zero-order chi connectivity index (χ0) is 17.6. The van der Waals surface area contributed by atoms with Crippen molar-refractivity contribution in [3.8, 4) is 0 Å². The topological polar surface area (TPSA) is 67.6 Å². The minimum atomic E-state index is 0. The van der Waals surface area contributed by atoms with E-state index < -0.39 is 0 Å². The number of likely N-dealkylation sites (tertiary alicyclic amines) is 1. The van der Waals surface area contributed by atoms with Gasteiger partial charge in [-0.15, -0.1) is 34.2 Å². The van der Waals surface area contributed by atoms with Gasteiger partial charge < -0.3 is 19.5 Å². The molecule has 2 fully saturated rings. The number of methoxy groups -OCH3 is 1. The Morgan fingerprint density at radius 3 is 2.65 bits per heavy atom. The molecule has 148 valence electrons. The molecular formula is C18H33IN6O. The number of hydrogen-bond donors (Lipinski definition) is 1. The van der Waals surface area contributed by atoms with Crippen LogP contribution < -0.4 is 5.32 Å². The second-order valence-electron chi connectivity index (χ2n) is 7.40. The van der Waals surface area contributed by atoms with Crippen LogP contribution in [-0.4, -0.2) is 58.5 Å². The predicted molar refractivity (Wildman–Crippen MR) is 114 cm³/mol. The first-order valence-corrected chi connectivity index (χ1v) is 9.57. The second kappa shape index (κ2) is 10.4. The summed E-state index contributed by atoms with van der Waals surface area (Å²) in [5.74, 6) is 3.47. The van der Waals surface area contributed by atoms with E-state index in [4.69, 9.17) is 9.73 Å². The van der Waals surface area contributed by atoms with Crippen molar-refractivity contribution in [2.24, 2.45) is 18.0 Å². The van der Waals surface area contributed by atoms with E-state index in [1.54, 1.807) is 7.11 Å². The molecule has 8 heteroatoms. The lowest BCUT2D eigenvalue weighted by molar-refractivity contribution is 0.157. The molecule has 0 radical (unpaired) electrons. The molecule has 1 aliphatic carbocycles. The van der Waals surface area contributed by atoms with Crippen LogP contribution in [-0.2, 0) is 18.3 Å². The van der Waals surface area contributed by atoms with Gasteiger partial charge in [-0.25, -0.2) is 4.99 Å². The molecule has 2 heterocycles. The van der Waals surface area contributed by atoms with Crippen LogP contribution in [0, 0.1) is 12.8 Å². The number of aryl methyl sites for hydroxylation is 1. The van der Waals surface area contributed by atoms with Gasteiger partial charge in [0.05, 0.1) is 6.61 Å². The first-order chi connectivity index (χ1) is 12.2. The Labute approximate surface area is 174 Å². The first kappa shape index (κ1) is 21.4. The van der Waals surface area contributed by atoms with Crippen molar-refractivity contribution in [2.75, 3.05) is 26.8 Å². The van der Waals surface area contributed by atoms with E-state index in [1.807, 2.05) is 18.5 Å². The number of nitrogens with zero attached hydrogens (tertiary/aromatic N) is 5. The predicted octanol–water partition coefficient (Wildman–Crippen LogP) is 2.49. The molecule has 0 bridgehead atoms. The molecule has 0 spiro atoms. The van der Waals surface area contributed by atoms with Crippen LogP contribution in [0.25, 0.3) is 0 Å². The van der Waals surface area contributed by atoms with Crippen LogP contribution in [0.15, 0.2) is 4.99 Å². The Bertz CT molecular complexity index is 584. The monoisotopic (exact) mass is 476 g/mol. The summed E-state index contributed by atoms with van der Waals surface area (Å²) in [6.07, 6.45) is 7.67. The van der Waals surface area contributed by atoms with Crippen molar-refractivity contribution >= 4 is 29.9 Å². The summed E-state index contributed by atoms with van der Waals surface area (Å²) < 4.78 is 7.36. The summed E-state index contributed by atoms with van der Waals surface area (Å²) in [5.41, 5.74) is 0. The summed E-state index contributed by atoms with van der Waals surface area (Å²) in [5, 5.41) is 12.1. The van der Waals surface area contributed by atoms with Gasteiger partial charge in [0, 0.05) is 39.2 Å². The maximum atomic E-state index is 5.34. The number of aromatic nitrogens is 3. The highest BCUT2D eigenvalue weighted by atomic mass is 127. The molecule has 3 rings (SSSR count). The lowest BCUT2D eigenvalue weighted by Crippen LogP contribution is -2.46. The van der Waals surface area contributed by atoms with E-state index in [-0.39, 0.29) is 24.0 Å². The van der Waals surface area contributed by atoms with E-state index in [2.05, 4.69) is 20.4 Å². The average molecular weight is 476 g/mol. The molecule has 1 unspecified atom stereocenters. The standard InChI is InChI=1S/C18H32N6O.HI/c1-14-21-22-17(23(14)2)11-19-18(20-16-7-5-4-6-8-16)24-10-9-15(12-24)13-25-3;/h15-16H,4-13H2,1-3H3,(H,19,20);1H. The van der Waals surface area contributed by atoms with Gasteiger partial charge in [-0.1, -0.05) is 19.3 Å². The number of halogens is 1. The number of hydrogen-bond acceptors (Lipinski definition) is 4. The minimum absolute atomic E-state index is 0. The smallest absolute Gasteiger partial charge is 0.194 e. The molecule has 26 heavy (non-hydrogen) atoms. The minimum Gasteiger partial charge on any atom is -0.384 e. The molecular weight excluding hydrogens is 443 g/mol. The van der Waals surface area contributed by atoms with Crippen LogP contribution in [0.2, 0.25) is 0 Å². The van der Waals surface area contributed by atoms with E-state index in [9.17, 15) is 0 Å². The summed E-state index contributed by atoms with van der Waals surface area (Å²) in [7, 11) is 3.78. The van der Waals surface area contributed by atoms with Crippen molar-refractivity contribution in [3.63, 3.8) is 0 Å². The first-order valence-electron chi connectivity index (χ1n) is 9.57. The van der Waals surface area contributed by atoms with Crippen molar-refractivity contribution < 1.29 is 4.74 Å². The van der Waals surface area contributed by atoms with Crippen LogP contribution in [0.1, 0.15) is 50.2 Å². The normalized spacial score (nSPS) is 21.7. The third-order valence-electron chi connectivity index (χ3n) is 5.48. The van der Waals surface area contributed by atoms with Gasteiger partial charge in [0.25, 0.3) is 0 Å². The molecule has 1 saturated carbocycles. The number of ether oxygens (including phenoxy) is 1. The number of aliphatic imine (C=N–C) groups is 1. The quantitative estimate of drug-likeness (QED) is 0.402. The maximum absolute atomic E-state index is 5.34. The fourth-order valence-corrected chi connectivity index (χ4v) is 3.80. The summed E-state index contributed by atoms with van der Waals surface area (Å²) >= 11 is 0. The highest BCUT2D eigenvalue weighted by molar-refractivity contribution is 14.0. The van der Waals surface area contributed by atoms with E-state index in [0.717, 1.165) is 37.3 Å². The van der Waals surface area contributed by atoms with Crippen LogP contribution >= 0.6 is 24.0 Å². The Kier molecular flexibility index (Phi) is 8.59. The van der Waals surface area contributed by atoms with Gasteiger partial charge in [-0.3, -0.25) is 0 Å². The Morgan fingerprint density at radius 2 is 2.00 bits per heavy atom. The Hall–Kier alpha value is -0.900. The van der Waals surface area contributed by atoms with Gasteiger partial charge in [-0.05, 0) is 26.2 Å². The second-order valence-corrected chi connectivity index (χ2v) is 7.40. The molecule has 1 saturated heterocycles.